The van der Waals surface area contributed by atoms with Crippen molar-refractivity contribution in [3.05, 3.63) is 46.4 Å². The predicted molar refractivity (Wildman–Crippen MR) is 66.5 cm³/mol. The zero-order chi connectivity index (χ0) is 12.9. The molecule has 0 fully saturated rings. The first-order valence-electron chi connectivity index (χ1n) is 5.36. The molecule has 0 bridgehead atoms. The number of carbonyl (C=O) groups is 1. The molecule has 6 nitrogen and oxygen atoms in total. The molecule has 3 rings (SSSR count). The summed E-state index contributed by atoms with van der Waals surface area (Å²) in [5.74, 6) is -0.523. The molecule has 6 heteroatoms. The molecule has 0 spiro atoms. The van der Waals surface area contributed by atoms with Gasteiger partial charge in [-0.1, -0.05) is 0 Å². The van der Waals surface area contributed by atoms with E-state index in [1.807, 2.05) is 0 Å². The van der Waals surface area contributed by atoms with Crippen LogP contribution in [0, 0.1) is 0 Å². The number of aromatic nitrogens is 3. The van der Waals surface area contributed by atoms with E-state index < -0.39 is 5.91 Å². The van der Waals surface area contributed by atoms with E-state index in [9.17, 15) is 9.59 Å². The van der Waals surface area contributed by atoms with Crippen molar-refractivity contribution in [2.24, 2.45) is 12.8 Å². The Hall–Kier alpha value is -2.63. The maximum Gasteiger partial charge on any atom is 0.276 e. The number of rotatable bonds is 1. The van der Waals surface area contributed by atoms with Crippen molar-refractivity contribution in [3.8, 4) is 0 Å². The number of hydrogen-bond donors (Lipinski definition) is 1. The summed E-state index contributed by atoms with van der Waals surface area (Å²) >= 11 is 0. The summed E-state index contributed by atoms with van der Waals surface area (Å²) in [6, 6.07) is 6.61. The Kier molecular flexibility index (Phi) is 2.00. The number of carbonyl (C=O) groups excluding carboxylic acids is 1. The minimum absolute atomic E-state index is 0.165. The summed E-state index contributed by atoms with van der Waals surface area (Å²) in [6.45, 7) is 0. The summed E-state index contributed by atoms with van der Waals surface area (Å²) in [5.41, 5.74) is 7.30. The van der Waals surface area contributed by atoms with Crippen molar-refractivity contribution in [1.29, 1.82) is 0 Å². The molecule has 0 atom stereocenters. The van der Waals surface area contributed by atoms with Crippen LogP contribution >= 0.6 is 0 Å². The zero-order valence-corrected chi connectivity index (χ0v) is 9.62. The van der Waals surface area contributed by atoms with Gasteiger partial charge in [0.1, 0.15) is 5.52 Å². The van der Waals surface area contributed by atoms with Gasteiger partial charge in [0.15, 0.2) is 0 Å². The fraction of sp³-hybridized carbons (Fsp3) is 0.0833. The molecule has 0 radical (unpaired) electrons. The average Bonchev–Trinajstić information content (AvgIpc) is 2.84. The SMILES string of the molecule is Cn1c(=O)c2ccnn2c2ccc(C(N)=O)cc21. The molecule has 0 aliphatic heterocycles. The second-order valence-electron chi connectivity index (χ2n) is 4.06. The summed E-state index contributed by atoms with van der Waals surface area (Å²) in [6.07, 6.45) is 1.57. The Morgan fingerprint density at radius 2 is 2.00 bits per heavy atom. The smallest absolute Gasteiger partial charge is 0.276 e. The van der Waals surface area contributed by atoms with Crippen molar-refractivity contribution in [3.63, 3.8) is 0 Å². The maximum absolute atomic E-state index is 12.1. The minimum atomic E-state index is -0.523. The number of benzene rings is 1. The van der Waals surface area contributed by atoms with Crippen LogP contribution in [0.2, 0.25) is 0 Å². The van der Waals surface area contributed by atoms with Gasteiger partial charge in [-0.05, 0) is 24.3 Å². The molecule has 1 amide bonds. The first kappa shape index (κ1) is 10.5. The van der Waals surface area contributed by atoms with E-state index in [1.54, 1.807) is 42.0 Å². The lowest BCUT2D eigenvalue weighted by molar-refractivity contribution is 0.100. The van der Waals surface area contributed by atoms with E-state index in [0.29, 0.717) is 16.6 Å². The molecule has 18 heavy (non-hydrogen) atoms. The fourth-order valence-corrected chi connectivity index (χ4v) is 2.06. The Labute approximate surface area is 101 Å². The van der Waals surface area contributed by atoms with Gasteiger partial charge < -0.3 is 10.3 Å². The third-order valence-electron chi connectivity index (χ3n) is 3.02. The zero-order valence-electron chi connectivity index (χ0n) is 9.62. The number of aryl methyl sites for hydroxylation is 1. The molecular formula is C12H10N4O2. The first-order valence-corrected chi connectivity index (χ1v) is 5.36. The first-order chi connectivity index (χ1) is 8.59. The monoisotopic (exact) mass is 242 g/mol. The standard InChI is InChI=1S/C12H10N4O2/c1-15-10-6-7(11(13)17)2-3-8(10)16-9(12(15)18)4-5-14-16/h2-6H,1H3,(H2,13,17). The molecule has 2 aromatic heterocycles. The topological polar surface area (TPSA) is 82.4 Å². The van der Waals surface area contributed by atoms with E-state index in [2.05, 4.69) is 5.10 Å². The molecule has 0 saturated carbocycles. The van der Waals surface area contributed by atoms with Crippen LogP contribution in [0.1, 0.15) is 10.4 Å². The molecule has 0 unspecified atom stereocenters. The number of nitrogens with two attached hydrogens (primary N) is 1. The van der Waals surface area contributed by atoms with E-state index in [1.165, 1.54) is 4.57 Å². The lowest BCUT2D eigenvalue weighted by atomic mass is 10.2. The fourth-order valence-electron chi connectivity index (χ4n) is 2.06. The van der Waals surface area contributed by atoms with Gasteiger partial charge >= 0.3 is 0 Å². The molecule has 2 heterocycles. The third kappa shape index (κ3) is 1.26. The van der Waals surface area contributed by atoms with Gasteiger partial charge in [0.2, 0.25) is 5.91 Å². The Morgan fingerprint density at radius 3 is 2.72 bits per heavy atom. The number of fused-ring (bicyclic) bond motifs is 3. The summed E-state index contributed by atoms with van der Waals surface area (Å²) in [7, 11) is 1.66. The van der Waals surface area contributed by atoms with Crippen molar-refractivity contribution >= 4 is 22.5 Å². The second-order valence-corrected chi connectivity index (χ2v) is 4.06. The summed E-state index contributed by atoms with van der Waals surface area (Å²) in [5, 5.41) is 4.11. The van der Waals surface area contributed by atoms with Crippen molar-refractivity contribution in [2.75, 3.05) is 0 Å². The predicted octanol–water partition coefficient (Wildman–Crippen LogP) is 0.285. The van der Waals surface area contributed by atoms with Crippen LogP contribution in [0.15, 0.2) is 35.3 Å². The number of hydrogen-bond acceptors (Lipinski definition) is 3. The van der Waals surface area contributed by atoms with E-state index in [4.69, 9.17) is 5.73 Å². The largest absolute Gasteiger partial charge is 0.366 e. The highest BCUT2D eigenvalue weighted by atomic mass is 16.1. The highest BCUT2D eigenvalue weighted by Crippen LogP contribution is 2.15. The molecule has 2 N–H and O–H groups in total. The minimum Gasteiger partial charge on any atom is -0.366 e. The third-order valence-corrected chi connectivity index (χ3v) is 3.02. The van der Waals surface area contributed by atoms with E-state index in [0.717, 1.165) is 5.52 Å². The molecule has 0 saturated heterocycles. The van der Waals surface area contributed by atoms with Crippen LogP contribution in [-0.2, 0) is 7.05 Å². The highest BCUT2D eigenvalue weighted by molar-refractivity contribution is 5.96. The Bertz CT molecular complexity index is 844. The van der Waals surface area contributed by atoms with Gasteiger partial charge in [-0.15, -0.1) is 0 Å². The van der Waals surface area contributed by atoms with E-state index >= 15 is 0 Å². The van der Waals surface area contributed by atoms with Gasteiger partial charge in [0.25, 0.3) is 5.56 Å². The van der Waals surface area contributed by atoms with Crippen LogP contribution in [-0.4, -0.2) is 20.1 Å². The van der Waals surface area contributed by atoms with Crippen molar-refractivity contribution < 1.29 is 4.79 Å². The summed E-state index contributed by atoms with van der Waals surface area (Å²) < 4.78 is 3.04. The average molecular weight is 242 g/mol. The van der Waals surface area contributed by atoms with Gasteiger partial charge in [-0.25, -0.2) is 4.52 Å². The number of nitrogens with zero attached hydrogens (tertiary/aromatic N) is 3. The molecule has 90 valence electrons. The maximum atomic E-state index is 12.1. The number of primary amides is 1. The molecule has 0 aliphatic carbocycles. The highest BCUT2D eigenvalue weighted by Gasteiger charge is 2.10. The van der Waals surface area contributed by atoms with Gasteiger partial charge in [0, 0.05) is 12.6 Å². The molecule has 3 aromatic rings. The van der Waals surface area contributed by atoms with Crippen LogP contribution in [0.25, 0.3) is 16.6 Å². The van der Waals surface area contributed by atoms with Gasteiger partial charge in [-0.3, -0.25) is 9.59 Å². The lowest BCUT2D eigenvalue weighted by Gasteiger charge is -2.08. The number of amides is 1. The Balaban J connectivity index is 2.57. The van der Waals surface area contributed by atoms with Crippen LogP contribution < -0.4 is 11.3 Å². The molecule has 1 aromatic carbocycles. The molecular weight excluding hydrogens is 232 g/mol. The van der Waals surface area contributed by atoms with E-state index in [-0.39, 0.29) is 5.56 Å². The van der Waals surface area contributed by atoms with Gasteiger partial charge in [-0.2, -0.15) is 5.10 Å². The lowest BCUT2D eigenvalue weighted by Crippen LogP contribution is -2.20. The normalized spacial score (nSPS) is 11.2. The van der Waals surface area contributed by atoms with Crippen LogP contribution in [0.3, 0.4) is 0 Å². The van der Waals surface area contributed by atoms with Crippen molar-refractivity contribution in [1.82, 2.24) is 14.2 Å². The van der Waals surface area contributed by atoms with Crippen molar-refractivity contribution in [2.45, 2.75) is 0 Å². The van der Waals surface area contributed by atoms with Crippen LogP contribution in [0.5, 0.6) is 0 Å². The molecule has 0 aliphatic rings. The quantitative estimate of drug-likeness (QED) is 0.665. The summed E-state index contributed by atoms with van der Waals surface area (Å²) in [4.78, 5) is 23.2. The second kappa shape index (κ2) is 3.43. The Morgan fingerprint density at radius 1 is 1.22 bits per heavy atom. The van der Waals surface area contributed by atoms with Crippen LogP contribution in [0.4, 0.5) is 0 Å². The van der Waals surface area contributed by atoms with Gasteiger partial charge in [0.05, 0.1) is 17.2 Å².